The number of rotatable bonds is 5. The fourth-order valence-corrected chi connectivity index (χ4v) is 3.06. The first-order valence-electron chi connectivity index (χ1n) is 7.97. The Hall–Kier alpha value is -2.66. The number of benzene rings is 2. The molecule has 1 fully saturated rings. The molecule has 2 unspecified atom stereocenters. The van der Waals surface area contributed by atoms with Gasteiger partial charge in [0.2, 0.25) is 5.91 Å². The van der Waals surface area contributed by atoms with E-state index in [1.54, 1.807) is 31.4 Å². The van der Waals surface area contributed by atoms with Crippen LogP contribution >= 0.6 is 0 Å². The second-order valence-electron chi connectivity index (χ2n) is 6.03. The van der Waals surface area contributed by atoms with E-state index < -0.39 is 0 Å². The van der Waals surface area contributed by atoms with Gasteiger partial charge in [-0.25, -0.2) is 4.90 Å². The lowest BCUT2D eigenvalue weighted by atomic mass is 10.1. The molecular weight excluding hydrogens is 304 g/mol. The normalized spacial score (nSPS) is 18.8. The van der Waals surface area contributed by atoms with Crippen LogP contribution in [0.2, 0.25) is 0 Å². The molecule has 0 bridgehead atoms. The van der Waals surface area contributed by atoms with E-state index in [0.717, 1.165) is 10.5 Å². The summed E-state index contributed by atoms with van der Waals surface area (Å²) in [6, 6.07) is 16.6. The van der Waals surface area contributed by atoms with Crippen molar-refractivity contribution in [2.24, 2.45) is 0 Å². The number of ether oxygens (including phenoxy) is 1. The third-order valence-electron chi connectivity index (χ3n) is 4.40. The minimum Gasteiger partial charge on any atom is -0.497 e. The van der Waals surface area contributed by atoms with E-state index >= 15 is 0 Å². The van der Waals surface area contributed by atoms with Crippen molar-refractivity contribution in [3.63, 3.8) is 0 Å². The summed E-state index contributed by atoms with van der Waals surface area (Å²) in [7, 11) is 3.54. The zero-order valence-electron chi connectivity index (χ0n) is 13.9. The number of likely N-dealkylation sites (N-methyl/N-ethyl adjacent to an activating group) is 1. The van der Waals surface area contributed by atoms with Gasteiger partial charge in [-0.3, -0.25) is 9.59 Å². The number of anilines is 1. The molecule has 2 aromatic carbocycles. The highest BCUT2D eigenvalue weighted by atomic mass is 16.5. The molecule has 0 spiro atoms. The van der Waals surface area contributed by atoms with Gasteiger partial charge in [-0.2, -0.15) is 0 Å². The minimum absolute atomic E-state index is 0.140. The monoisotopic (exact) mass is 325 g/mol. The van der Waals surface area contributed by atoms with Gasteiger partial charge in [-0.05, 0) is 24.3 Å². The SMILES string of the molecule is COc1ccc(N2C(=O)CC([NH+](C)Cc3ccccc3)C2=O)cc1. The maximum Gasteiger partial charge on any atom is 0.292 e. The predicted octanol–water partition coefficient (Wildman–Crippen LogP) is 1.04. The molecule has 1 aliphatic heterocycles. The van der Waals surface area contributed by atoms with E-state index in [9.17, 15) is 9.59 Å². The van der Waals surface area contributed by atoms with E-state index in [2.05, 4.69) is 0 Å². The van der Waals surface area contributed by atoms with E-state index in [1.807, 2.05) is 37.4 Å². The molecule has 24 heavy (non-hydrogen) atoms. The van der Waals surface area contributed by atoms with Crippen LogP contribution < -0.4 is 14.5 Å². The average molecular weight is 325 g/mol. The number of methoxy groups -OCH3 is 1. The maximum absolute atomic E-state index is 12.8. The molecule has 0 aromatic heterocycles. The smallest absolute Gasteiger partial charge is 0.292 e. The van der Waals surface area contributed by atoms with Crippen LogP contribution in [0.4, 0.5) is 5.69 Å². The number of carbonyl (C=O) groups is 2. The lowest BCUT2D eigenvalue weighted by molar-refractivity contribution is -0.908. The number of carbonyl (C=O) groups excluding carboxylic acids is 2. The minimum atomic E-state index is -0.347. The number of amides is 2. The Balaban J connectivity index is 1.75. The molecule has 1 heterocycles. The van der Waals surface area contributed by atoms with Crippen molar-refractivity contribution >= 4 is 17.5 Å². The highest BCUT2D eigenvalue weighted by molar-refractivity contribution is 6.21. The largest absolute Gasteiger partial charge is 0.497 e. The van der Waals surface area contributed by atoms with Gasteiger partial charge in [0.25, 0.3) is 5.91 Å². The quantitative estimate of drug-likeness (QED) is 0.836. The highest BCUT2D eigenvalue weighted by Crippen LogP contribution is 2.24. The summed E-state index contributed by atoms with van der Waals surface area (Å²) in [6.07, 6.45) is 0.240. The molecule has 3 rings (SSSR count). The molecule has 0 saturated carbocycles. The van der Waals surface area contributed by atoms with Gasteiger partial charge in [0.05, 0.1) is 26.3 Å². The van der Waals surface area contributed by atoms with Crippen LogP contribution in [0.25, 0.3) is 0 Å². The Morgan fingerprint density at radius 2 is 1.75 bits per heavy atom. The molecule has 1 N–H and O–H groups in total. The third kappa shape index (κ3) is 3.16. The number of imide groups is 1. The molecule has 1 saturated heterocycles. The molecule has 5 nitrogen and oxygen atoms in total. The van der Waals surface area contributed by atoms with E-state index in [0.29, 0.717) is 18.0 Å². The summed E-state index contributed by atoms with van der Waals surface area (Å²) in [5.41, 5.74) is 1.75. The molecular formula is C19H21N2O3+. The molecule has 0 aliphatic carbocycles. The number of nitrogens with zero attached hydrogens (tertiary/aromatic N) is 1. The van der Waals surface area contributed by atoms with Crippen molar-refractivity contribution in [1.29, 1.82) is 0 Å². The summed E-state index contributed by atoms with van der Waals surface area (Å²) in [5, 5.41) is 0. The Morgan fingerprint density at radius 3 is 2.38 bits per heavy atom. The molecule has 2 aromatic rings. The summed E-state index contributed by atoms with van der Waals surface area (Å²) >= 11 is 0. The topological polar surface area (TPSA) is 51.0 Å². The molecule has 1 aliphatic rings. The first-order chi connectivity index (χ1) is 11.6. The molecule has 2 amide bonds. The van der Waals surface area contributed by atoms with Crippen molar-refractivity contribution in [2.75, 3.05) is 19.1 Å². The molecule has 0 radical (unpaired) electrons. The third-order valence-corrected chi connectivity index (χ3v) is 4.40. The van der Waals surface area contributed by atoms with Crippen LogP contribution in [0.3, 0.4) is 0 Å². The Labute approximate surface area is 141 Å². The zero-order valence-corrected chi connectivity index (χ0v) is 13.9. The lowest BCUT2D eigenvalue weighted by Gasteiger charge is -2.20. The first-order valence-corrected chi connectivity index (χ1v) is 7.97. The van der Waals surface area contributed by atoms with E-state index in [-0.39, 0.29) is 24.3 Å². The van der Waals surface area contributed by atoms with Crippen LogP contribution in [0.5, 0.6) is 5.75 Å². The predicted molar refractivity (Wildman–Crippen MR) is 90.9 cm³/mol. The number of hydrogen-bond donors (Lipinski definition) is 1. The summed E-state index contributed by atoms with van der Waals surface area (Å²) in [6.45, 7) is 0.709. The van der Waals surface area contributed by atoms with Crippen LogP contribution in [0.15, 0.2) is 54.6 Å². The highest BCUT2D eigenvalue weighted by Gasteiger charge is 2.44. The number of hydrogen-bond acceptors (Lipinski definition) is 3. The van der Waals surface area contributed by atoms with Gasteiger partial charge >= 0.3 is 0 Å². The van der Waals surface area contributed by atoms with Gasteiger partial charge < -0.3 is 9.64 Å². The van der Waals surface area contributed by atoms with Crippen LogP contribution in [-0.2, 0) is 16.1 Å². The molecule has 2 atom stereocenters. The first kappa shape index (κ1) is 16.2. The second kappa shape index (κ2) is 6.84. The lowest BCUT2D eigenvalue weighted by Crippen LogP contribution is -3.12. The van der Waals surface area contributed by atoms with Crippen LogP contribution in [0, 0.1) is 0 Å². The number of nitrogens with one attached hydrogen (secondary N) is 1. The van der Waals surface area contributed by atoms with Crippen molar-refractivity contribution in [2.45, 2.75) is 19.0 Å². The number of quaternary nitrogens is 1. The zero-order chi connectivity index (χ0) is 17.1. The Kier molecular flexibility index (Phi) is 4.62. The van der Waals surface area contributed by atoms with Gasteiger partial charge in [0.1, 0.15) is 12.3 Å². The maximum atomic E-state index is 12.8. The molecule has 5 heteroatoms. The molecule has 124 valence electrons. The fraction of sp³-hybridized carbons (Fsp3) is 0.263. The van der Waals surface area contributed by atoms with Gasteiger partial charge in [-0.15, -0.1) is 0 Å². The fourth-order valence-electron chi connectivity index (χ4n) is 3.06. The standard InChI is InChI=1S/C19H20N2O3/c1-20(13-14-6-4-3-5-7-14)17-12-18(22)21(19(17)23)15-8-10-16(24-2)11-9-15/h3-11,17H,12-13H2,1-2H3/p+1. The summed E-state index contributed by atoms with van der Waals surface area (Å²) in [4.78, 5) is 27.4. The summed E-state index contributed by atoms with van der Waals surface area (Å²) in [5.74, 6) is 0.405. The average Bonchev–Trinajstić information content (AvgIpc) is 2.90. The summed E-state index contributed by atoms with van der Waals surface area (Å²) < 4.78 is 5.12. The van der Waals surface area contributed by atoms with Crippen LogP contribution in [0.1, 0.15) is 12.0 Å². The van der Waals surface area contributed by atoms with Crippen molar-refractivity contribution in [3.8, 4) is 5.75 Å². The van der Waals surface area contributed by atoms with Crippen LogP contribution in [-0.4, -0.2) is 32.0 Å². The van der Waals surface area contributed by atoms with E-state index in [4.69, 9.17) is 4.74 Å². The second-order valence-corrected chi connectivity index (χ2v) is 6.03. The van der Waals surface area contributed by atoms with Gasteiger partial charge in [0.15, 0.2) is 6.04 Å². The van der Waals surface area contributed by atoms with Gasteiger partial charge in [-0.1, -0.05) is 30.3 Å². The Morgan fingerprint density at radius 1 is 1.08 bits per heavy atom. The van der Waals surface area contributed by atoms with Gasteiger partial charge in [0, 0.05) is 5.56 Å². The van der Waals surface area contributed by atoms with Crippen molar-refractivity contribution < 1.29 is 19.2 Å². The van der Waals surface area contributed by atoms with Crippen molar-refractivity contribution in [3.05, 3.63) is 60.2 Å². The van der Waals surface area contributed by atoms with E-state index in [1.165, 1.54) is 4.90 Å². The Bertz CT molecular complexity index is 728. The van der Waals surface area contributed by atoms with Crippen molar-refractivity contribution in [1.82, 2.24) is 0 Å².